The van der Waals surface area contributed by atoms with E-state index in [1.807, 2.05) is 41.4 Å². The molecule has 2 aromatic rings. The van der Waals surface area contributed by atoms with Gasteiger partial charge in [-0.25, -0.2) is 4.99 Å². The van der Waals surface area contributed by atoms with E-state index < -0.39 is 6.04 Å². The lowest BCUT2D eigenvalue weighted by atomic mass is 10.1. The summed E-state index contributed by atoms with van der Waals surface area (Å²) in [5.74, 6) is 1.20. The van der Waals surface area contributed by atoms with Crippen LogP contribution in [0.3, 0.4) is 0 Å². The van der Waals surface area contributed by atoms with Gasteiger partial charge in [0.2, 0.25) is 17.8 Å². The monoisotopic (exact) mass is 522 g/mol. The Morgan fingerprint density at radius 1 is 1.08 bits per heavy atom. The average molecular weight is 523 g/mol. The second-order valence-corrected chi connectivity index (χ2v) is 9.48. The lowest BCUT2D eigenvalue weighted by Gasteiger charge is -2.27. The predicted octanol–water partition coefficient (Wildman–Crippen LogP) is 3.65. The molecule has 0 spiro atoms. The van der Waals surface area contributed by atoms with E-state index in [1.165, 1.54) is 0 Å². The molecule has 0 radical (unpaired) electrons. The van der Waals surface area contributed by atoms with Crippen LogP contribution in [0.4, 0.5) is 0 Å². The van der Waals surface area contributed by atoms with Gasteiger partial charge in [-0.2, -0.15) is 5.26 Å². The number of hydrogen-bond acceptors (Lipinski definition) is 5. The smallest absolute Gasteiger partial charge is 0.245 e. The molecule has 4 rings (SSSR count). The number of nitriles is 1. The number of nitrogens with one attached hydrogen (secondary N) is 2. The lowest BCUT2D eigenvalue weighted by Crippen LogP contribution is -2.52. The van der Waals surface area contributed by atoms with E-state index >= 15 is 0 Å². The van der Waals surface area contributed by atoms with Crippen molar-refractivity contribution in [3.05, 3.63) is 59.1 Å². The number of likely N-dealkylation sites (tertiary alicyclic amines) is 2. The number of carbonyl (C=O) groups is 2. The first kappa shape index (κ1) is 26.3. The summed E-state index contributed by atoms with van der Waals surface area (Å²) in [5.41, 5.74) is 0.650. The fourth-order valence-electron chi connectivity index (χ4n) is 4.53. The zero-order valence-corrected chi connectivity index (χ0v) is 21.4. The Kier molecular flexibility index (Phi) is 9.22. The summed E-state index contributed by atoms with van der Waals surface area (Å²) < 4.78 is 6.00. The van der Waals surface area contributed by atoms with Gasteiger partial charge in [-0.3, -0.25) is 14.9 Å². The van der Waals surface area contributed by atoms with Gasteiger partial charge in [-0.1, -0.05) is 35.9 Å². The van der Waals surface area contributed by atoms with Gasteiger partial charge in [-0.15, -0.1) is 0 Å². The van der Waals surface area contributed by atoms with Crippen LogP contribution in [0.1, 0.15) is 37.7 Å². The molecule has 0 bridgehead atoms. The van der Waals surface area contributed by atoms with Crippen molar-refractivity contribution in [2.75, 3.05) is 26.2 Å². The van der Waals surface area contributed by atoms with Crippen molar-refractivity contribution in [3.8, 4) is 17.7 Å². The molecule has 0 saturated carbocycles. The SMILES string of the molecule is N#CNC(=NCc1c(Cl)cccc1Oc1ccccc1)NC1CCCCN(CC(=O)N2CCCC2)C1=O. The Morgan fingerprint density at radius 2 is 1.84 bits per heavy atom. The van der Waals surface area contributed by atoms with Crippen molar-refractivity contribution >= 4 is 29.4 Å². The summed E-state index contributed by atoms with van der Waals surface area (Å²) >= 11 is 6.46. The van der Waals surface area contributed by atoms with Crippen molar-refractivity contribution < 1.29 is 14.3 Å². The van der Waals surface area contributed by atoms with Crippen molar-refractivity contribution in [3.63, 3.8) is 0 Å². The maximum Gasteiger partial charge on any atom is 0.245 e. The Morgan fingerprint density at radius 3 is 2.59 bits per heavy atom. The fraction of sp³-hybridized carbons (Fsp3) is 0.407. The highest BCUT2D eigenvalue weighted by Crippen LogP contribution is 2.31. The Labute approximate surface area is 222 Å². The zero-order valence-electron chi connectivity index (χ0n) is 20.7. The second kappa shape index (κ2) is 13.0. The van der Waals surface area contributed by atoms with Crippen LogP contribution in [-0.2, 0) is 16.1 Å². The molecule has 0 aliphatic carbocycles. The standard InChI is InChI=1S/C27H31ClN6O3/c28-22-11-8-13-24(37-20-9-2-1-3-10-20)21(22)17-30-27(31-19-29)32-23-12-4-5-16-34(26(23)36)18-25(35)33-14-6-7-15-33/h1-3,8-11,13,23H,4-7,12,14-18H2,(H2,30,31,32). The average Bonchev–Trinajstić information content (AvgIpc) is 3.39. The summed E-state index contributed by atoms with van der Waals surface area (Å²) in [6.45, 7) is 2.24. The normalized spacial score (nSPS) is 18.2. The number of para-hydroxylation sites is 1. The summed E-state index contributed by atoms with van der Waals surface area (Å²) in [6.07, 6.45) is 6.10. The highest BCUT2D eigenvalue weighted by atomic mass is 35.5. The van der Waals surface area contributed by atoms with E-state index in [-0.39, 0.29) is 30.9 Å². The van der Waals surface area contributed by atoms with Gasteiger partial charge < -0.3 is 19.9 Å². The Bertz CT molecular complexity index is 1160. The number of nitrogens with zero attached hydrogens (tertiary/aromatic N) is 4. The van der Waals surface area contributed by atoms with Gasteiger partial charge in [0.25, 0.3) is 0 Å². The third-order valence-corrected chi connectivity index (χ3v) is 6.85. The van der Waals surface area contributed by atoms with Crippen molar-refractivity contribution in [2.45, 2.75) is 44.7 Å². The van der Waals surface area contributed by atoms with Gasteiger partial charge in [-0.05, 0) is 56.4 Å². The zero-order chi connectivity index (χ0) is 26.0. The van der Waals surface area contributed by atoms with Crippen molar-refractivity contribution in [1.82, 2.24) is 20.4 Å². The summed E-state index contributed by atoms with van der Waals surface area (Å²) in [7, 11) is 0. The van der Waals surface area contributed by atoms with E-state index in [2.05, 4.69) is 15.6 Å². The minimum atomic E-state index is -0.597. The van der Waals surface area contributed by atoms with E-state index in [1.54, 1.807) is 23.1 Å². The number of halogens is 1. The molecule has 1 atom stereocenters. The maximum absolute atomic E-state index is 13.3. The topological polar surface area (TPSA) is 110 Å². The number of rotatable bonds is 7. The Hall–Kier alpha value is -3.77. The quantitative estimate of drug-likeness (QED) is 0.248. The number of amides is 2. The van der Waals surface area contributed by atoms with Crippen LogP contribution in [0, 0.1) is 11.5 Å². The molecule has 2 heterocycles. The number of guanidine groups is 1. The van der Waals surface area contributed by atoms with Crippen molar-refractivity contribution in [1.29, 1.82) is 5.26 Å². The molecule has 10 heteroatoms. The molecule has 37 heavy (non-hydrogen) atoms. The maximum atomic E-state index is 13.3. The molecule has 0 aromatic heterocycles. The molecule has 2 N–H and O–H groups in total. The molecular weight excluding hydrogens is 492 g/mol. The molecule has 194 valence electrons. The molecular formula is C27H31ClN6O3. The third kappa shape index (κ3) is 7.14. The number of ether oxygens (including phenoxy) is 1. The van der Waals surface area contributed by atoms with Gasteiger partial charge in [0.15, 0.2) is 6.19 Å². The van der Waals surface area contributed by atoms with Crippen LogP contribution < -0.4 is 15.4 Å². The van der Waals surface area contributed by atoms with Crippen LogP contribution in [0.25, 0.3) is 0 Å². The van der Waals surface area contributed by atoms with Gasteiger partial charge in [0.05, 0.1) is 13.1 Å². The minimum absolute atomic E-state index is 0.0137. The number of carbonyl (C=O) groups excluding carboxylic acids is 2. The van der Waals surface area contributed by atoms with Crippen LogP contribution in [0.15, 0.2) is 53.5 Å². The first-order chi connectivity index (χ1) is 18.0. The highest BCUT2D eigenvalue weighted by molar-refractivity contribution is 6.31. The van der Waals surface area contributed by atoms with E-state index in [4.69, 9.17) is 16.3 Å². The van der Waals surface area contributed by atoms with E-state index in [0.717, 1.165) is 38.8 Å². The minimum Gasteiger partial charge on any atom is -0.457 e. The molecule has 2 aliphatic heterocycles. The molecule has 2 aromatic carbocycles. The van der Waals surface area contributed by atoms with E-state index in [9.17, 15) is 14.9 Å². The predicted molar refractivity (Wildman–Crippen MR) is 141 cm³/mol. The molecule has 9 nitrogen and oxygen atoms in total. The van der Waals surface area contributed by atoms with Gasteiger partial charge in [0.1, 0.15) is 17.5 Å². The van der Waals surface area contributed by atoms with Crippen LogP contribution >= 0.6 is 11.6 Å². The number of hydrogen-bond donors (Lipinski definition) is 2. The molecule has 2 saturated heterocycles. The number of aliphatic imine (C=N–C) groups is 1. The second-order valence-electron chi connectivity index (χ2n) is 9.07. The number of benzene rings is 2. The Balaban J connectivity index is 1.46. The summed E-state index contributed by atoms with van der Waals surface area (Å²) in [6, 6.07) is 14.1. The van der Waals surface area contributed by atoms with Crippen LogP contribution in [0.5, 0.6) is 11.5 Å². The third-order valence-electron chi connectivity index (χ3n) is 6.49. The fourth-order valence-corrected chi connectivity index (χ4v) is 4.75. The molecule has 2 amide bonds. The first-order valence-corrected chi connectivity index (χ1v) is 13.0. The molecule has 1 unspecified atom stereocenters. The van der Waals surface area contributed by atoms with Crippen molar-refractivity contribution in [2.24, 2.45) is 4.99 Å². The largest absolute Gasteiger partial charge is 0.457 e. The lowest BCUT2D eigenvalue weighted by molar-refractivity contribution is -0.140. The molecule has 2 fully saturated rings. The van der Waals surface area contributed by atoms with Crippen LogP contribution in [-0.4, -0.2) is 59.8 Å². The first-order valence-electron chi connectivity index (χ1n) is 12.6. The van der Waals surface area contributed by atoms with E-state index in [0.29, 0.717) is 35.1 Å². The highest BCUT2D eigenvalue weighted by Gasteiger charge is 2.30. The van der Waals surface area contributed by atoms with Crippen LogP contribution in [0.2, 0.25) is 5.02 Å². The van der Waals surface area contributed by atoms with Gasteiger partial charge in [0, 0.05) is 30.2 Å². The summed E-state index contributed by atoms with van der Waals surface area (Å²) in [5, 5.41) is 15.4. The van der Waals surface area contributed by atoms with Gasteiger partial charge >= 0.3 is 0 Å². The molecule has 2 aliphatic rings. The summed E-state index contributed by atoms with van der Waals surface area (Å²) in [4.78, 5) is 33.9.